The smallest absolute Gasteiger partial charge is 0.592 e. The number of hydrogen-bond donors (Lipinski definition) is 3. The van der Waals surface area contributed by atoms with Crippen LogP contribution in [-0.2, 0) is 27.7 Å². The van der Waals surface area contributed by atoms with E-state index >= 15 is 0 Å². The monoisotopic (exact) mass is 436 g/mol. The summed E-state index contributed by atoms with van der Waals surface area (Å²) in [5.74, 6) is 0.222. The zero-order valence-corrected chi connectivity index (χ0v) is 12.1. The summed E-state index contributed by atoms with van der Waals surface area (Å²) in [6, 6.07) is 0. The molecule has 8 heteroatoms. The molecule has 94 valence electrons. The van der Waals surface area contributed by atoms with Crippen molar-refractivity contribution in [2.24, 2.45) is 10.8 Å². The number of nitrogens with two attached hydrogens (primary N) is 1. The SMILES string of the molecule is Cc1ncc(CO)c(C=NNC(N)=S)c1[OH2+].[Pt+2]. The van der Waals surface area contributed by atoms with Gasteiger partial charge < -0.3 is 15.9 Å². The Balaban J connectivity index is 0.00000256. The summed E-state index contributed by atoms with van der Waals surface area (Å²) >= 11 is 4.58. The van der Waals surface area contributed by atoms with Gasteiger partial charge in [0, 0.05) is 11.8 Å². The molecule has 17 heavy (non-hydrogen) atoms. The third kappa shape index (κ3) is 4.38. The molecule has 0 aromatic carbocycles. The molecule has 6 nitrogen and oxygen atoms in total. The molecular formula is C9H13N4O2PtS+3. The van der Waals surface area contributed by atoms with Crippen molar-refractivity contribution < 1.29 is 31.3 Å². The van der Waals surface area contributed by atoms with Crippen LogP contribution in [0.25, 0.3) is 0 Å². The Hall–Kier alpha value is -1.04. The summed E-state index contributed by atoms with van der Waals surface area (Å²) in [6.45, 7) is 1.51. The molecule has 0 radical (unpaired) electrons. The first-order valence-electron chi connectivity index (χ1n) is 4.45. The van der Waals surface area contributed by atoms with Gasteiger partial charge in [0.05, 0.1) is 18.4 Å². The number of aryl methyl sites for hydroxylation is 1. The maximum Gasteiger partial charge on any atom is 2.00 e. The molecule has 1 aromatic heterocycles. The number of pyridine rings is 1. The largest absolute Gasteiger partial charge is 2.00 e. The van der Waals surface area contributed by atoms with Gasteiger partial charge in [-0.3, -0.25) is 10.4 Å². The molecule has 0 aliphatic rings. The van der Waals surface area contributed by atoms with Crippen LogP contribution in [0, 0.1) is 6.92 Å². The fourth-order valence-electron chi connectivity index (χ4n) is 1.10. The second kappa shape index (κ2) is 7.32. The van der Waals surface area contributed by atoms with Gasteiger partial charge in [-0.15, -0.1) is 0 Å². The molecule has 1 rings (SSSR count). The first-order valence-corrected chi connectivity index (χ1v) is 4.86. The molecule has 1 heterocycles. The Bertz CT molecular complexity index is 439. The first-order chi connectivity index (χ1) is 7.56. The molecule has 0 spiro atoms. The van der Waals surface area contributed by atoms with Crippen LogP contribution < -0.4 is 11.2 Å². The Kier molecular flexibility index (Phi) is 6.87. The quantitative estimate of drug-likeness (QED) is 0.256. The van der Waals surface area contributed by atoms with E-state index in [1.54, 1.807) is 6.92 Å². The molecule has 0 aliphatic carbocycles. The number of aliphatic hydroxyl groups excluding tert-OH is 1. The first kappa shape index (κ1) is 16.0. The van der Waals surface area contributed by atoms with E-state index in [1.165, 1.54) is 12.4 Å². The van der Waals surface area contributed by atoms with Crippen molar-refractivity contribution in [1.82, 2.24) is 10.4 Å². The van der Waals surface area contributed by atoms with E-state index in [0.717, 1.165) is 0 Å². The maximum atomic E-state index is 9.09. The summed E-state index contributed by atoms with van der Waals surface area (Å²) in [5.41, 5.74) is 9.17. The Labute approximate surface area is 118 Å². The molecular weight excluding hydrogens is 423 g/mol. The second-order valence-electron chi connectivity index (χ2n) is 3.05. The van der Waals surface area contributed by atoms with E-state index in [-0.39, 0.29) is 38.5 Å². The van der Waals surface area contributed by atoms with Crippen LogP contribution in [0.1, 0.15) is 16.8 Å². The molecule has 0 bridgehead atoms. The minimum Gasteiger partial charge on any atom is -0.592 e. The average molecular weight is 436 g/mol. The summed E-state index contributed by atoms with van der Waals surface area (Å²) in [6.07, 6.45) is 2.90. The van der Waals surface area contributed by atoms with Gasteiger partial charge in [0.2, 0.25) is 0 Å². The van der Waals surface area contributed by atoms with Gasteiger partial charge in [0.15, 0.2) is 5.11 Å². The summed E-state index contributed by atoms with van der Waals surface area (Å²) in [4.78, 5) is 3.97. The number of aliphatic hydroxyl groups is 1. The van der Waals surface area contributed by atoms with Gasteiger partial charge in [-0.1, -0.05) is 0 Å². The Morgan fingerprint density at radius 3 is 2.94 bits per heavy atom. The maximum absolute atomic E-state index is 9.09. The van der Waals surface area contributed by atoms with Crippen molar-refractivity contribution in [1.29, 1.82) is 0 Å². The fourth-order valence-corrected chi connectivity index (χ4v) is 1.15. The molecule has 0 amide bonds. The standard InChI is InChI=1S/C9H12N4O2S.Pt/c1-5-8(15)7(3-12-13-9(10)16)6(4-14)2-11-5;/h2-3,14-15H,4H2,1H3,(H3,10,13,16);/q;+2/p+1. The van der Waals surface area contributed by atoms with Crippen molar-refractivity contribution in [3.8, 4) is 5.75 Å². The van der Waals surface area contributed by atoms with E-state index in [0.29, 0.717) is 16.8 Å². The van der Waals surface area contributed by atoms with E-state index in [1.807, 2.05) is 0 Å². The minimum absolute atomic E-state index is 0. The van der Waals surface area contributed by atoms with Crippen LogP contribution >= 0.6 is 12.2 Å². The third-order valence-corrected chi connectivity index (χ3v) is 2.02. The van der Waals surface area contributed by atoms with Crippen LogP contribution in [0.5, 0.6) is 5.75 Å². The molecule has 0 aliphatic heterocycles. The number of nitrogens with zero attached hydrogens (tertiary/aromatic N) is 2. The van der Waals surface area contributed by atoms with Gasteiger partial charge in [-0.2, -0.15) is 5.10 Å². The van der Waals surface area contributed by atoms with Gasteiger partial charge >= 0.3 is 21.1 Å². The number of hydrazone groups is 1. The van der Waals surface area contributed by atoms with E-state index in [9.17, 15) is 0 Å². The molecule has 6 N–H and O–H groups in total. The Morgan fingerprint density at radius 2 is 2.41 bits per heavy atom. The molecule has 1 aromatic rings. The van der Waals surface area contributed by atoms with Crippen LogP contribution in [0.3, 0.4) is 0 Å². The zero-order valence-electron chi connectivity index (χ0n) is 9.01. The molecule has 0 saturated heterocycles. The van der Waals surface area contributed by atoms with Crippen molar-refractivity contribution in [3.05, 3.63) is 23.0 Å². The summed E-state index contributed by atoms with van der Waals surface area (Å²) in [5, 5.41) is 20.6. The van der Waals surface area contributed by atoms with E-state index in [4.69, 9.17) is 15.9 Å². The number of hydrogen-bond acceptors (Lipinski definition) is 4. The van der Waals surface area contributed by atoms with Crippen LogP contribution in [0.2, 0.25) is 0 Å². The van der Waals surface area contributed by atoms with Crippen LogP contribution in [0.15, 0.2) is 11.3 Å². The van der Waals surface area contributed by atoms with Crippen LogP contribution in [0.4, 0.5) is 0 Å². The number of nitrogens with one attached hydrogen (secondary N) is 1. The van der Waals surface area contributed by atoms with Gasteiger partial charge in [-0.25, -0.2) is 0 Å². The minimum atomic E-state index is -0.201. The third-order valence-electron chi connectivity index (χ3n) is 1.93. The molecule has 0 atom stereocenters. The fraction of sp³-hybridized carbons (Fsp3) is 0.222. The van der Waals surface area contributed by atoms with Crippen molar-refractivity contribution >= 4 is 23.5 Å². The van der Waals surface area contributed by atoms with Crippen molar-refractivity contribution in [2.75, 3.05) is 0 Å². The van der Waals surface area contributed by atoms with E-state index in [2.05, 4.69) is 27.7 Å². The van der Waals surface area contributed by atoms with Gasteiger partial charge in [0.1, 0.15) is 5.69 Å². The number of thiocarbonyl (C=S) groups is 1. The van der Waals surface area contributed by atoms with Gasteiger partial charge in [-0.05, 0) is 19.1 Å². The summed E-state index contributed by atoms with van der Waals surface area (Å²) < 4.78 is 0. The molecule has 0 unspecified atom stereocenters. The second-order valence-corrected chi connectivity index (χ2v) is 3.49. The van der Waals surface area contributed by atoms with Crippen LogP contribution in [-0.4, -0.2) is 26.5 Å². The predicted molar refractivity (Wildman–Crippen MR) is 65.5 cm³/mol. The zero-order chi connectivity index (χ0) is 12.1. The average Bonchev–Trinajstić information content (AvgIpc) is 2.24. The number of aromatic nitrogens is 1. The topological polar surface area (TPSA) is 106 Å². The molecule has 0 saturated carbocycles. The number of rotatable bonds is 3. The normalized spacial score (nSPS) is 10.0. The van der Waals surface area contributed by atoms with Crippen molar-refractivity contribution in [2.45, 2.75) is 13.5 Å². The summed E-state index contributed by atoms with van der Waals surface area (Å²) in [7, 11) is 0. The Morgan fingerprint density at radius 1 is 1.76 bits per heavy atom. The molecule has 0 fully saturated rings. The van der Waals surface area contributed by atoms with Crippen molar-refractivity contribution in [3.63, 3.8) is 0 Å². The van der Waals surface area contributed by atoms with Gasteiger partial charge in [0.25, 0.3) is 5.75 Å². The van der Waals surface area contributed by atoms with E-state index < -0.39 is 0 Å². The predicted octanol–water partition coefficient (Wildman–Crippen LogP) is -0.515.